The zero-order valence-electron chi connectivity index (χ0n) is 14.2. The molecule has 6 heteroatoms. The first-order valence-corrected chi connectivity index (χ1v) is 8.73. The van der Waals surface area contributed by atoms with Crippen molar-refractivity contribution in [2.24, 2.45) is 5.73 Å². The molecule has 1 aliphatic carbocycles. The molecule has 1 saturated heterocycles. The summed E-state index contributed by atoms with van der Waals surface area (Å²) < 4.78 is 29.5. The number of hydrogen-bond acceptors (Lipinski definition) is 2. The second kappa shape index (κ2) is 6.54. The third-order valence-electron chi connectivity index (χ3n) is 4.90. The lowest BCUT2D eigenvalue weighted by molar-refractivity contribution is -0.130. The zero-order valence-corrected chi connectivity index (χ0v) is 15.0. The van der Waals surface area contributed by atoms with E-state index in [1.54, 1.807) is 19.1 Å². The van der Waals surface area contributed by atoms with Crippen molar-refractivity contribution >= 4 is 23.1 Å². The van der Waals surface area contributed by atoms with Gasteiger partial charge in [0.1, 0.15) is 5.82 Å². The number of hydrogen-bond donors (Lipinski definition) is 1. The van der Waals surface area contributed by atoms with Crippen LogP contribution in [0.3, 0.4) is 0 Å². The maximum Gasteiger partial charge on any atom is 0.223 e. The van der Waals surface area contributed by atoms with E-state index in [1.807, 2.05) is 0 Å². The average molecular weight is 367 g/mol. The number of nitrogens with zero attached hydrogens (tertiary/aromatic N) is 1. The SMILES string of the molecule is CC(N)C1=C(c2cccc(F)c2)C(N2CCCC2=O)C(C)(F)C(Cl)=C1. The minimum Gasteiger partial charge on any atom is -0.332 e. The number of alkyl halides is 1. The van der Waals surface area contributed by atoms with E-state index in [-0.39, 0.29) is 10.9 Å². The van der Waals surface area contributed by atoms with Crippen molar-refractivity contribution in [3.63, 3.8) is 0 Å². The summed E-state index contributed by atoms with van der Waals surface area (Å²) >= 11 is 6.24. The Morgan fingerprint density at radius 2 is 2.16 bits per heavy atom. The molecule has 0 aromatic heterocycles. The maximum atomic E-state index is 15.7. The Morgan fingerprint density at radius 1 is 1.44 bits per heavy atom. The fraction of sp³-hybridized carbons (Fsp3) is 0.421. The third-order valence-corrected chi connectivity index (χ3v) is 5.37. The summed E-state index contributed by atoms with van der Waals surface area (Å²) in [4.78, 5) is 13.9. The summed E-state index contributed by atoms with van der Waals surface area (Å²) in [5.41, 5.74) is 5.79. The van der Waals surface area contributed by atoms with Crippen molar-refractivity contribution in [1.82, 2.24) is 4.90 Å². The first kappa shape index (κ1) is 18.1. The molecule has 1 heterocycles. The van der Waals surface area contributed by atoms with Crippen LogP contribution < -0.4 is 5.73 Å². The molecule has 1 amide bonds. The van der Waals surface area contributed by atoms with E-state index >= 15 is 4.39 Å². The molecule has 2 N–H and O–H groups in total. The largest absolute Gasteiger partial charge is 0.332 e. The molecule has 3 atom stereocenters. The minimum atomic E-state index is -1.97. The topological polar surface area (TPSA) is 46.3 Å². The number of likely N-dealkylation sites (tertiary alicyclic amines) is 1. The van der Waals surface area contributed by atoms with Gasteiger partial charge in [-0.3, -0.25) is 4.79 Å². The highest BCUT2D eigenvalue weighted by Crippen LogP contribution is 2.46. The predicted octanol–water partition coefficient (Wildman–Crippen LogP) is 3.78. The molecule has 1 aromatic carbocycles. The van der Waals surface area contributed by atoms with E-state index in [2.05, 4.69) is 0 Å². The van der Waals surface area contributed by atoms with Crippen LogP contribution >= 0.6 is 11.6 Å². The fourth-order valence-corrected chi connectivity index (χ4v) is 3.88. The van der Waals surface area contributed by atoms with Gasteiger partial charge in [0.15, 0.2) is 5.67 Å². The van der Waals surface area contributed by atoms with Gasteiger partial charge in [0.2, 0.25) is 5.91 Å². The van der Waals surface area contributed by atoms with Crippen LogP contribution in [0.15, 0.2) is 40.9 Å². The summed E-state index contributed by atoms with van der Waals surface area (Å²) in [5, 5.41) is 0.00431. The predicted molar refractivity (Wildman–Crippen MR) is 95.2 cm³/mol. The van der Waals surface area contributed by atoms with Crippen molar-refractivity contribution < 1.29 is 13.6 Å². The van der Waals surface area contributed by atoms with Gasteiger partial charge in [-0.05, 0) is 55.2 Å². The Morgan fingerprint density at radius 3 is 2.72 bits per heavy atom. The van der Waals surface area contributed by atoms with Gasteiger partial charge in [-0.2, -0.15) is 0 Å². The Bertz CT molecular complexity index is 770. The highest BCUT2D eigenvalue weighted by Gasteiger charge is 2.49. The molecule has 3 rings (SSSR count). The average Bonchev–Trinajstić information content (AvgIpc) is 2.94. The Balaban J connectivity index is 2.26. The molecule has 1 aliphatic heterocycles. The standard InChI is InChI=1S/C19H21ClF2N2O/c1-11(23)14-10-15(20)19(2,22)18(24-8-4-7-16(24)25)17(14)12-5-3-6-13(21)9-12/h3,5-6,9-11,18H,4,7-8,23H2,1-2H3. The molecule has 0 radical (unpaired) electrons. The number of nitrogens with two attached hydrogens (primary N) is 1. The molecule has 25 heavy (non-hydrogen) atoms. The second-order valence-electron chi connectivity index (χ2n) is 6.83. The summed E-state index contributed by atoms with van der Waals surface area (Å²) in [6.07, 6.45) is 2.55. The van der Waals surface area contributed by atoms with Gasteiger partial charge in [-0.1, -0.05) is 23.7 Å². The van der Waals surface area contributed by atoms with Crippen LogP contribution in [-0.4, -0.2) is 35.1 Å². The van der Waals surface area contributed by atoms with Crippen LogP contribution in [0.4, 0.5) is 8.78 Å². The van der Waals surface area contributed by atoms with E-state index in [9.17, 15) is 9.18 Å². The Hall–Kier alpha value is -1.72. The quantitative estimate of drug-likeness (QED) is 0.884. The number of amides is 1. The van der Waals surface area contributed by atoms with Crippen molar-refractivity contribution in [3.8, 4) is 0 Å². The molecular formula is C19H21ClF2N2O. The smallest absolute Gasteiger partial charge is 0.223 e. The first-order chi connectivity index (χ1) is 11.7. The van der Waals surface area contributed by atoms with E-state index < -0.39 is 23.6 Å². The van der Waals surface area contributed by atoms with Crippen LogP contribution in [-0.2, 0) is 4.79 Å². The van der Waals surface area contributed by atoms with E-state index in [4.69, 9.17) is 17.3 Å². The number of rotatable bonds is 3. The van der Waals surface area contributed by atoms with Crippen LogP contribution in [0.5, 0.6) is 0 Å². The van der Waals surface area contributed by atoms with Gasteiger partial charge < -0.3 is 10.6 Å². The van der Waals surface area contributed by atoms with E-state index in [0.29, 0.717) is 36.1 Å². The molecule has 1 fully saturated rings. The zero-order chi connectivity index (χ0) is 18.4. The lowest BCUT2D eigenvalue weighted by Crippen LogP contribution is -2.52. The summed E-state index contributed by atoms with van der Waals surface area (Å²) in [6.45, 7) is 3.57. The Labute approximate surface area is 151 Å². The van der Waals surface area contributed by atoms with E-state index in [1.165, 1.54) is 30.0 Å². The number of benzene rings is 1. The summed E-state index contributed by atoms with van der Waals surface area (Å²) in [5.74, 6) is -0.556. The highest BCUT2D eigenvalue weighted by molar-refractivity contribution is 6.31. The van der Waals surface area contributed by atoms with Crippen LogP contribution in [0.25, 0.3) is 5.57 Å². The maximum absolute atomic E-state index is 15.7. The van der Waals surface area contributed by atoms with Gasteiger partial charge in [0, 0.05) is 19.0 Å². The number of carbonyl (C=O) groups excluding carboxylic acids is 1. The highest BCUT2D eigenvalue weighted by atomic mass is 35.5. The Kier molecular flexibility index (Phi) is 4.73. The molecular weight excluding hydrogens is 346 g/mol. The van der Waals surface area contributed by atoms with Gasteiger partial charge in [0.25, 0.3) is 0 Å². The molecule has 3 nitrogen and oxygen atoms in total. The van der Waals surface area contributed by atoms with Crippen LogP contribution in [0, 0.1) is 5.82 Å². The van der Waals surface area contributed by atoms with E-state index in [0.717, 1.165) is 0 Å². The van der Waals surface area contributed by atoms with Crippen molar-refractivity contribution in [2.75, 3.05) is 6.54 Å². The fourth-order valence-electron chi connectivity index (χ4n) is 3.66. The molecule has 2 aliphatic rings. The normalized spacial score (nSPS) is 28.4. The monoisotopic (exact) mass is 366 g/mol. The van der Waals surface area contributed by atoms with Gasteiger partial charge in [-0.25, -0.2) is 8.78 Å². The number of halogens is 3. The van der Waals surface area contributed by atoms with Gasteiger partial charge >= 0.3 is 0 Å². The van der Waals surface area contributed by atoms with Crippen LogP contribution in [0.1, 0.15) is 32.3 Å². The van der Waals surface area contributed by atoms with Crippen molar-refractivity contribution in [1.29, 1.82) is 0 Å². The second-order valence-corrected chi connectivity index (χ2v) is 7.24. The lowest BCUT2D eigenvalue weighted by Gasteiger charge is -2.42. The van der Waals surface area contributed by atoms with Crippen LogP contribution in [0.2, 0.25) is 0 Å². The molecule has 0 spiro atoms. The molecule has 0 saturated carbocycles. The minimum absolute atomic E-state index is 0.00431. The van der Waals surface area contributed by atoms with Crippen molar-refractivity contribution in [3.05, 3.63) is 52.3 Å². The number of carbonyl (C=O) groups is 1. The van der Waals surface area contributed by atoms with Crippen molar-refractivity contribution in [2.45, 2.75) is 44.4 Å². The van der Waals surface area contributed by atoms with Gasteiger partial charge in [0.05, 0.1) is 11.1 Å². The molecule has 0 bridgehead atoms. The first-order valence-electron chi connectivity index (χ1n) is 8.35. The van der Waals surface area contributed by atoms with Gasteiger partial charge in [-0.15, -0.1) is 0 Å². The summed E-state index contributed by atoms with van der Waals surface area (Å²) in [6, 6.07) is 4.57. The molecule has 3 unspecified atom stereocenters. The molecule has 1 aromatic rings. The summed E-state index contributed by atoms with van der Waals surface area (Å²) in [7, 11) is 0. The third kappa shape index (κ3) is 3.11. The molecule has 134 valence electrons. The lowest BCUT2D eigenvalue weighted by atomic mass is 9.77.